The maximum Gasteiger partial charge on any atom is 0.417 e. The van der Waals surface area contributed by atoms with Crippen LogP contribution < -0.4 is 9.64 Å². The quantitative estimate of drug-likeness (QED) is 0.603. The Morgan fingerprint density at radius 1 is 1.21 bits per heavy atom. The summed E-state index contributed by atoms with van der Waals surface area (Å²) in [5.41, 5.74) is -0.270. The molecule has 2 fully saturated rings. The number of anilines is 1. The van der Waals surface area contributed by atoms with E-state index in [2.05, 4.69) is 4.99 Å². The van der Waals surface area contributed by atoms with Crippen LogP contribution in [0.25, 0.3) is 0 Å². The largest absolute Gasteiger partial charge is 0.497 e. The molecule has 2 aromatic carbocycles. The van der Waals surface area contributed by atoms with Gasteiger partial charge in [-0.25, -0.2) is 8.42 Å². The van der Waals surface area contributed by atoms with E-state index < -0.39 is 43.8 Å². The number of carbonyl (C=O) groups excluding carboxylic acids is 1. The zero-order valence-electron chi connectivity index (χ0n) is 17.2. The zero-order valence-corrected chi connectivity index (χ0v) is 19.6. The standard InChI is InChI=1S/C21H18ClF3N2O4S2/c1-31-14-5-2-12(3-6-14)8-19(28)26-20-27(17-10-33(29,30)11-18(17)32-20)13-4-7-16(22)15(9-13)21(23,24)25/h2-7,9,17-18H,8,10-11H2,1H3/t17-,18-/m1/s1. The highest BCUT2D eigenvalue weighted by molar-refractivity contribution is 8.16. The Morgan fingerprint density at radius 2 is 1.91 bits per heavy atom. The molecule has 12 heteroatoms. The predicted octanol–water partition coefficient (Wildman–Crippen LogP) is 4.21. The van der Waals surface area contributed by atoms with E-state index in [-0.39, 0.29) is 28.8 Å². The van der Waals surface area contributed by atoms with Crippen molar-refractivity contribution in [3.63, 3.8) is 0 Å². The number of hydrogen-bond acceptors (Lipinski definition) is 5. The van der Waals surface area contributed by atoms with E-state index in [0.717, 1.165) is 23.9 Å². The lowest BCUT2D eigenvalue weighted by Crippen LogP contribution is -2.38. The molecule has 2 heterocycles. The predicted molar refractivity (Wildman–Crippen MR) is 122 cm³/mol. The Balaban J connectivity index is 1.67. The van der Waals surface area contributed by atoms with Crippen molar-refractivity contribution in [3.05, 3.63) is 58.6 Å². The monoisotopic (exact) mass is 518 g/mol. The van der Waals surface area contributed by atoms with Crippen LogP contribution >= 0.6 is 23.4 Å². The zero-order chi connectivity index (χ0) is 24.0. The Morgan fingerprint density at radius 3 is 2.55 bits per heavy atom. The number of amides is 1. The van der Waals surface area contributed by atoms with Crippen molar-refractivity contribution < 1.29 is 31.1 Å². The number of nitrogens with zero attached hydrogens (tertiary/aromatic N) is 2. The number of ether oxygens (including phenoxy) is 1. The summed E-state index contributed by atoms with van der Waals surface area (Å²) in [5, 5.41) is -0.732. The maximum absolute atomic E-state index is 13.4. The van der Waals surface area contributed by atoms with Crippen LogP contribution in [-0.2, 0) is 27.2 Å². The van der Waals surface area contributed by atoms with E-state index in [1.807, 2.05) is 0 Å². The number of aliphatic imine (C=N–C) groups is 1. The molecule has 0 saturated carbocycles. The number of amidine groups is 1. The molecule has 33 heavy (non-hydrogen) atoms. The summed E-state index contributed by atoms with van der Waals surface area (Å²) >= 11 is 6.83. The number of thioether (sulfide) groups is 1. The Kier molecular flexibility index (Phi) is 6.41. The molecule has 0 unspecified atom stereocenters. The minimum atomic E-state index is -4.69. The molecule has 2 aliphatic rings. The molecule has 0 aromatic heterocycles. The third kappa shape index (κ3) is 5.15. The van der Waals surface area contributed by atoms with Gasteiger partial charge in [0.15, 0.2) is 15.0 Å². The van der Waals surface area contributed by atoms with Crippen molar-refractivity contribution in [3.8, 4) is 5.75 Å². The van der Waals surface area contributed by atoms with Crippen molar-refractivity contribution in [2.45, 2.75) is 23.9 Å². The molecule has 0 radical (unpaired) electrons. The van der Waals surface area contributed by atoms with Gasteiger partial charge in [-0.15, -0.1) is 0 Å². The van der Waals surface area contributed by atoms with Crippen LogP contribution in [0.3, 0.4) is 0 Å². The molecule has 0 aliphatic carbocycles. The van der Waals surface area contributed by atoms with Gasteiger partial charge in [0, 0.05) is 10.9 Å². The number of carbonyl (C=O) groups is 1. The lowest BCUT2D eigenvalue weighted by Gasteiger charge is -2.25. The summed E-state index contributed by atoms with van der Waals surface area (Å²) < 4.78 is 69.7. The van der Waals surface area contributed by atoms with Crippen LogP contribution in [-0.4, -0.2) is 49.4 Å². The first-order chi connectivity index (χ1) is 15.5. The number of alkyl halides is 3. The second kappa shape index (κ2) is 8.84. The van der Waals surface area contributed by atoms with Gasteiger partial charge in [-0.05, 0) is 35.9 Å². The fraction of sp³-hybridized carbons (Fsp3) is 0.333. The Hall–Kier alpha value is -2.24. The number of hydrogen-bond donors (Lipinski definition) is 0. The number of fused-ring (bicyclic) bond motifs is 1. The second-order valence-electron chi connectivity index (χ2n) is 7.65. The molecule has 2 atom stereocenters. The highest BCUT2D eigenvalue weighted by Gasteiger charge is 2.49. The first kappa shape index (κ1) is 23.9. The van der Waals surface area contributed by atoms with E-state index in [4.69, 9.17) is 16.3 Å². The molecular weight excluding hydrogens is 501 g/mol. The lowest BCUT2D eigenvalue weighted by molar-refractivity contribution is -0.137. The normalized spacial score (nSPS) is 23.1. The van der Waals surface area contributed by atoms with Crippen LogP contribution in [0.4, 0.5) is 18.9 Å². The lowest BCUT2D eigenvalue weighted by atomic mass is 10.1. The van der Waals surface area contributed by atoms with Gasteiger partial charge in [0.2, 0.25) is 0 Å². The van der Waals surface area contributed by atoms with Gasteiger partial charge in [-0.3, -0.25) is 4.79 Å². The van der Waals surface area contributed by atoms with Gasteiger partial charge in [0.1, 0.15) is 5.75 Å². The third-order valence-corrected chi connectivity index (χ3v) is 8.87. The number of rotatable bonds is 4. The van der Waals surface area contributed by atoms with Crippen molar-refractivity contribution in [2.75, 3.05) is 23.5 Å². The molecule has 2 saturated heterocycles. The van der Waals surface area contributed by atoms with Crippen LogP contribution in [0.15, 0.2) is 47.5 Å². The van der Waals surface area contributed by atoms with Gasteiger partial charge in [0.25, 0.3) is 5.91 Å². The van der Waals surface area contributed by atoms with Crippen LogP contribution in [0.5, 0.6) is 5.75 Å². The molecular formula is C21H18ClF3N2O4S2. The van der Waals surface area contributed by atoms with Gasteiger partial charge in [-0.2, -0.15) is 18.2 Å². The maximum atomic E-state index is 13.4. The average Bonchev–Trinajstić information content (AvgIpc) is 3.19. The average molecular weight is 519 g/mol. The second-order valence-corrected chi connectivity index (χ2v) is 11.4. The fourth-order valence-corrected chi connectivity index (χ4v) is 7.97. The van der Waals surface area contributed by atoms with Gasteiger partial charge < -0.3 is 9.64 Å². The molecule has 176 valence electrons. The molecule has 2 aromatic rings. The summed E-state index contributed by atoms with van der Waals surface area (Å²) in [6, 6.07) is 9.54. The van der Waals surface area contributed by atoms with Crippen LogP contribution in [0.2, 0.25) is 5.02 Å². The molecule has 0 bridgehead atoms. The molecule has 1 amide bonds. The minimum Gasteiger partial charge on any atom is -0.497 e. The van der Waals surface area contributed by atoms with Crippen molar-refractivity contribution in [1.82, 2.24) is 0 Å². The van der Waals surface area contributed by atoms with Crippen LogP contribution in [0.1, 0.15) is 11.1 Å². The van der Waals surface area contributed by atoms with Crippen LogP contribution in [0, 0.1) is 0 Å². The summed E-state index contributed by atoms with van der Waals surface area (Å²) in [6.45, 7) is 0. The van der Waals surface area contributed by atoms with E-state index in [1.165, 1.54) is 18.1 Å². The molecule has 0 N–H and O–H groups in total. The number of benzene rings is 2. The molecule has 2 aliphatic heterocycles. The van der Waals surface area contributed by atoms with Crippen molar-refractivity contribution in [2.24, 2.45) is 4.99 Å². The topological polar surface area (TPSA) is 76.0 Å². The minimum absolute atomic E-state index is 0.0239. The number of sulfone groups is 1. The first-order valence-electron chi connectivity index (χ1n) is 9.74. The summed E-state index contributed by atoms with van der Waals surface area (Å²) in [5.74, 6) is -0.238. The smallest absolute Gasteiger partial charge is 0.417 e. The summed E-state index contributed by atoms with van der Waals surface area (Å²) in [6.07, 6.45) is -4.72. The van der Waals surface area contributed by atoms with Crippen molar-refractivity contribution >= 4 is 50.0 Å². The van der Waals surface area contributed by atoms with E-state index >= 15 is 0 Å². The molecule has 0 spiro atoms. The Labute approximate surface area is 197 Å². The van der Waals surface area contributed by atoms with E-state index in [1.54, 1.807) is 24.3 Å². The highest BCUT2D eigenvalue weighted by Crippen LogP contribution is 2.43. The molecule has 6 nitrogen and oxygen atoms in total. The first-order valence-corrected chi connectivity index (χ1v) is 12.8. The van der Waals surface area contributed by atoms with Crippen molar-refractivity contribution in [1.29, 1.82) is 0 Å². The van der Waals surface area contributed by atoms with Gasteiger partial charge >= 0.3 is 6.18 Å². The molecule has 4 rings (SSSR count). The summed E-state index contributed by atoms with van der Waals surface area (Å²) in [4.78, 5) is 18.2. The van der Waals surface area contributed by atoms with Gasteiger partial charge in [0.05, 0.1) is 41.7 Å². The fourth-order valence-electron chi connectivity index (χ4n) is 3.81. The SMILES string of the molecule is COc1ccc(CC(=O)N=C2S[C@@H]3CS(=O)(=O)C[C@H]3N2c2ccc(Cl)c(C(F)(F)F)c2)cc1. The number of methoxy groups -OCH3 is 1. The van der Waals surface area contributed by atoms with E-state index in [0.29, 0.717) is 11.3 Å². The third-order valence-electron chi connectivity index (χ3n) is 5.33. The van der Waals surface area contributed by atoms with E-state index in [9.17, 15) is 26.4 Å². The number of halogens is 4. The summed E-state index contributed by atoms with van der Waals surface area (Å²) in [7, 11) is -1.84. The Bertz CT molecular complexity index is 1220. The highest BCUT2D eigenvalue weighted by atomic mass is 35.5. The van der Waals surface area contributed by atoms with Gasteiger partial charge in [-0.1, -0.05) is 35.5 Å².